The lowest BCUT2D eigenvalue weighted by atomic mass is 9.79. The van der Waals surface area contributed by atoms with Crippen LogP contribution in [0.2, 0.25) is 0 Å². The minimum absolute atomic E-state index is 0.0667. The summed E-state index contributed by atoms with van der Waals surface area (Å²) in [5, 5.41) is 3.13. The van der Waals surface area contributed by atoms with Crippen LogP contribution in [0.4, 0.5) is 5.95 Å². The first-order chi connectivity index (χ1) is 12.5. The number of nitrogens with zero attached hydrogens (tertiary/aromatic N) is 4. The topological polar surface area (TPSA) is 70.6 Å². The van der Waals surface area contributed by atoms with Crippen LogP contribution in [0, 0.1) is 12.3 Å². The summed E-state index contributed by atoms with van der Waals surface area (Å²) in [7, 11) is 4.16. The van der Waals surface area contributed by atoms with Crippen molar-refractivity contribution in [1.82, 2.24) is 20.2 Å². The Bertz CT molecular complexity index is 622. The van der Waals surface area contributed by atoms with E-state index in [1.807, 2.05) is 6.92 Å². The lowest BCUT2D eigenvalue weighted by molar-refractivity contribution is 0.00283. The first kappa shape index (κ1) is 19.0. The molecule has 7 heteroatoms. The molecular weight excluding hydrogens is 330 g/mol. The average molecular weight is 361 g/mol. The van der Waals surface area contributed by atoms with Crippen LogP contribution in [0.25, 0.3) is 0 Å². The van der Waals surface area contributed by atoms with E-state index in [0.29, 0.717) is 18.2 Å². The number of rotatable bonds is 6. The zero-order valence-electron chi connectivity index (χ0n) is 16.3. The van der Waals surface area contributed by atoms with E-state index in [1.165, 1.54) is 0 Å². The highest BCUT2D eigenvalue weighted by molar-refractivity contribution is 5.92. The number of amides is 1. The summed E-state index contributed by atoms with van der Waals surface area (Å²) >= 11 is 0. The lowest BCUT2D eigenvalue weighted by Crippen LogP contribution is -2.47. The summed E-state index contributed by atoms with van der Waals surface area (Å²) in [6, 6.07) is 1.78. The number of hydrogen-bond acceptors (Lipinski definition) is 6. The summed E-state index contributed by atoms with van der Waals surface area (Å²) in [6.07, 6.45) is 4.25. The van der Waals surface area contributed by atoms with Gasteiger partial charge in [0.05, 0.1) is 0 Å². The van der Waals surface area contributed by atoms with Crippen molar-refractivity contribution in [2.45, 2.75) is 32.6 Å². The average Bonchev–Trinajstić information content (AvgIpc) is 3.14. The summed E-state index contributed by atoms with van der Waals surface area (Å²) in [5.74, 6) is 0.572. The van der Waals surface area contributed by atoms with Gasteiger partial charge in [-0.25, -0.2) is 9.97 Å². The number of nitrogens with one attached hydrogen (secondary N) is 1. The second-order valence-electron chi connectivity index (χ2n) is 7.92. The fraction of sp³-hybridized carbons (Fsp3) is 0.737. The van der Waals surface area contributed by atoms with Gasteiger partial charge < -0.3 is 19.9 Å². The van der Waals surface area contributed by atoms with Crippen molar-refractivity contribution in [3.63, 3.8) is 0 Å². The van der Waals surface area contributed by atoms with Crippen molar-refractivity contribution < 1.29 is 9.53 Å². The Morgan fingerprint density at radius 3 is 2.62 bits per heavy atom. The summed E-state index contributed by atoms with van der Waals surface area (Å²) < 4.78 is 5.53. The van der Waals surface area contributed by atoms with Crippen molar-refractivity contribution in [3.05, 3.63) is 17.5 Å². The van der Waals surface area contributed by atoms with Gasteiger partial charge in [-0.1, -0.05) is 0 Å². The van der Waals surface area contributed by atoms with Gasteiger partial charge in [0.2, 0.25) is 5.95 Å². The fourth-order valence-corrected chi connectivity index (χ4v) is 3.95. The van der Waals surface area contributed by atoms with Crippen LogP contribution in [0.5, 0.6) is 0 Å². The maximum Gasteiger partial charge on any atom is 0.270 e. The standard InChI is InChI=1S/C19H31N5O2/c1-15-12-16(22-18(21-15)24-8-4-5-9-24)17(25)20-13-19(14-23(2)3)6-10-26-11-7-19/h12H,4-11,13-14H2,1-3H3,(H,20,25). The Balaban J connectivity index is 1.68. The Kier molecular flexibility index (Phi) is 6.09. The van der Waals surface area contributed by atoms with Crippen LogP contribution in [0.15, 0.2) is 6.07 Å². The molecule has 3 rings (SSSR count). The molecule has 0 aliphatic carbocycles. The molecule has 144 valence electrons. The molecule has 0 radical (unpaired) electrons. The van der Waals surface area contributed by atoms with Crippen molar-refractivity contribution in [2.24, 2.45) is 5.41 Å². The van der Waals surface area contributed by atoms with Crippen molar-refractivity contribution in [2.75, 3.05) is 58.4 Å². The van der Waals surface area contributed by atoms with E-state index in [-0.39, 0.29) is 11.3 Å². The summed E-state index contributed by atoms with van der Waals surface area (Å²) in [6.45, 7) is 6.97. The third-order valence-electron chi connectivity index (χ3n) is 5.29. The Hall–Kier alpha value is -1.73. The first-order valence-electron chi connectivity index (χ1n) is 9.59. The number of hydrogen-bond donors (Lipinski definition) is 1. The molecular formula is C19H31N5O2. The molecule has 2 fully saturated rings. The minimum Gasteiger partial charge on any atom is -0.381 e. The Labute approximate surface area is 156 Å². The smallest absolute Gasteiger partial charge is 0.270 e. The number of carbonyl (C=O) groups excluding carboxylic acids is 1. The van der Waals surface area contributed by atoms with E-state index in [0.717, 1.165) is 64.2 Å². The van der Waals surface area contributed by atoms with E-state index >= 15 is 0 Å². The van der Waals surface area contributed by atoms with Gasteiger partial charge in [-0.05, 0) is 52.8 Å². The van der Waals surface area contributed by atoms with E-state index in [4.69, 9.17) is 4.74 Å². The van der Waals surface area contributed by atoms with Crippen LogP contribution in [-0.4, -0.2) is 74.3 Å². The second-order valence-corrected chi connectivity index (χ2v) is 7.92. The predicted octanol–water partition coefficient (Wildman–Crippen LogP) is 1.47. The molecule has 0 spiro atoms. The van der Waals surface area contributed by atoms with Crippen LogP contribution in [0.3, 0.4) is 0 Å². The van der Waals surface area contributed by atoms with Gasteiger partial charge in [0.25, 0.3) is 5.91 Å². The second kappa shape index (κ2) is 8.31. The molecule has 1 aromatic heterocycles. The van der Waals surface area contributed by atoms with Crippen LogP contribution >= 0.6 is 0 Å². The number of aryl methyl sites for hydroxylation is 1. The van der Waals surface area contributed by atoms with Gasteiger partial charge in [-0.15, -0.1) is 0 Å². The van der Waals surface area contributed by atoms with E-state index < -0.39 is 0 Å². The largest absolute Gasteiger partial charge is 0.381 e. The maximum absolute atomic E-state index is 12.8. The van der Waals surface area contributed by atoms with Gasteiger partial charge in [0.15, 0.2) is 0 Å². The van der Waals surface area contributed by atoms with E-state index in [1.54, 1.807) is 6.07 Å². The third-order valence-corrected chi connectivity index (χ3v) is 5.29. The molecule has 2 saturated heterocycles. The highest BCUT2D eigenvalue weighted by Crippen LogP contribution is 2.30. The molecule has 0 bridgehead atoms. The Morgan fingerprint density at radius 1 is 1.27 bits per heavy atom. The molecule has 0 aromatic carbocycles. The van der Waals surface area contributed by atoms with Gasteiger partial charge in [-0.3, -0.25) is 4.79 Å². The third kappa shape index (κ3) is 4.71. The number of anilines is 1. The van der Waals surface area contributed by atoms with E-state index in [2.05, 4.69) is 39.2 Å². The molecule has 1 N–H and O–H groups in total. The minimum atomic E-state index is -0.111. The van der Waals surface area contributed by atoms with Gasteiger partial charge >= 0.3 is 0 Å². The molecule has 26 heavy (non-hydrogen) atoms. The van der Waals surface area contributed by atoms with Gasteiger partial charge in [-0.2, -0.15) is 0 Å². The SMILES string of the molecule is Cc1cc(C(=O)NCC2(CN(C)C)CCOCC2)nc(N2CCCC2)n1. The number of aromatic nitrogens is 2. The summed E-state index contributed by atoms with van der Waals surface area (Å²) in [5.41, 5.74) is 1.37. The Morgan fingerprint density at radius 2 is 1.96 bits per heavy atom. The zero-order valence-corrected chi connectivity index (χ0v) is 16.3. The molecule has 1 aromatic rings. The van der Waals surface area contributed by atoms with Crippen LogP contribution in [-0.2, 0) is 4.74 Å². The van der Waals surface area contributed by atoms with E-state index in [9.17, 15) is 4.79 Å². The number of ether oxygens (including phenoxy) is 1. The van der Waals surface area contributed by atoms with Gasteiger partial charge in [0, 0.05) is 50.5 Å². The fourth-order valence-electron chi connectivity index (χ4n) is 3.95. The van der Waals surface area contributed by atoms with Crippen molar-refractivity contribution >= 4 is 11.9 Å². The van der Waals surface area contributed by atoms with Crippen molar-refractivity contribution in [3.8, 4) is 0 Å². The summed E-state index contributed by atoms with van der Waals surface area (Å²) in [4.78, 5) is 26.2. The molecule has 2 aliphatic rings. The van der Waals surface area contributed by atoms with Crippen molar-refractivity contribution in [1.29, 1.82) is 0 Å². The predicted molar refractivity (Wildman–Crippen MR) is 102 cm³/mol. The highest BCUT2D eigenvalue weighted by Gasteiger charge is 2.33. The molecule has 3 heterocycles. The molecule has 2 aliphatic heterocycles. The highest BCUT2D eigenvalue weighted by atomic mass is 16.5. The molecule has 0 saturated carbocycles. The molecule has 7 nitrogen and oxygen atoms in total. The zero-order chi connectivity index (χ0) is 18.6. The number of carbonyl (C=O) groups is 1. The first-order valence-corrected chi connectivity index (χ1v) is 9.59. The molecule has 1 amide bonds. The van der Waals surface area contributed by atoms with Crippen LogP contribution < -0.4 is 10.2 Å². The molecule has 0 unspecified atom stereocenters. The maximum atomic E-state index is 12.8. The monoisotopic (exact) mass is 361 g/mol. The van der Waals surface area contributed by atoms with Gasteiger partial charge in [0.1, 0.15) is 5.69 Å². The normalized spacial score (nSPS) is 19.8. The van der Waals surface area contributed by atoms with Crippen LogP contribution in [0.1, 0.15) is 41.9 Å². The quantitative estimate of drug-likeness (QED) is 0.827. The molecule has 0 atom stereocenters. The lowest BCUT2D eigenvalue weighted by Gasteiger charge is -2.39.